The lowest BCUT2D eigenvalue weighted by Gasteiger charge is -2.02. The van der Waals surface area contributed by atoms with Crippen LogP contribution in [-0.4, -0.2) is 38.4 Å². The molecule has 28 heavy (non-hydrogen) atoms. The van der Waals surface area contributed by atoms with Gasteiger partial charge in [0.1, 0.15) is 6.33 Å². The first-order valence-corrected chi connectivity index (χ1v) is 9.13. The van der Waals surface area contributed by atoms with Gasteiger partial charge in [0, 0.05) is 18.3 Å². The van der Waals surface area contributed by atoms with Crippen molar-refractivity contribution in [2.24, 2.45) is 10.7 Å². The minimum Gasteiger partial charge on any atom is -0.327 e. The highest BCUT2D eigenvalue weighted by molar-refractivity contribution is 7.17. The molecule has 144 valence electrons. The smallest absolute Gasteiger partial charge is 0.327 e. The summed E-state index contributed by atoms with van der Waals surface area (Å²) in [5.74, 6) is 0.690. The van der Waals surface area contributed by atoms with Crippen LogP contribution < -0.4 is 16.9 Å². The lowest BCUT2D eigenvalue weighted by Crippen LogP contribution is -2.25. The van der Waals surface area contributed by atoms with Crippen molar-refractivity contribution in [2.45, 2.75) is 6.54 Å². The van der Waals surface area contributed by atoms with E-state index in [4.69, 9.17) is 10.6 Å². The maximum Gasteiger partial charge on any atom is 0.352 e. The quantitative estimate of drug-likeness (QED) is 0.642. The predicted molar refractivity (Wildman–Crippen MR) is 103 cm³/mol. The number of aliphatic imine (C=N–C) groups is 1. The Morgan fingerprint density at radius 1 is 1.36 bits per heavy atom. The first-order valence-electron chi connectivity index (χ1n) is 8.31. The Bertz CT molecular complexity index is 1100. The second-order valence-electron chi connectivity index (χ2n) is 5.88. The summed E-state index contributed by atoms with van der Waals surface area (Å²) in [5.41, 5.74) is 9.92. The van der Waals surface area contributed by atoms with Gasteiger partial charge in [-0.3, -0.25) is 4.84 Å². The molecule has 0 saturated carbocycles. The zero-order valence-electron chi connectivity index (χ0n) is 14.6. The molecule has 0 atom stereocenters. The van der Waals surface area contributed by atoms with Gasteiger partial charge in [-0.25, -0.2) is 33.9 Å². The summed E-state index contributed by atoms with van der Waals surface area (Å²) >= 11 is 1.35. The van der Waals surface area contributed by atoms with E-state index in [9.17, 15) is 9.18 Å². The highest BCUT2D eigenvalue weighted by atomic mass is 32.1. The normalized spacial score (nSPS) is 14.2. The van der Waals surface area contributed by atoms with Crippen molar-refractivity contribution < 1.29 is 9.23 Å². The maximum absolute atomic E-state index is 12.7. The number of nitrogens with zero attached hydrogens (tertiary/aromatic N) is 5. The maximum atomic E-state index is 12.7. The standard InChI is InChI=1S/C17H16FN7O2S/c18-5-11(6-19)8-25-17(26)24(9-22-25)16-20-7-14(28-16)12-1-3-13(4-2-12)15-21-10-27-23-15/h1-5,7,9H,6,8,10,19H2,(H,21,23)/b11-5+. The minimum absolute atomic E-state index is 0.000163. The van der Waals surface area contributed by atoms with Gasteiger partial charge < -0.3 is 5.73 Å². The van der Waals surface area contributed by atoms with E-state index in [-0.39, 0.29) is 18.7 Å². The first-order chi connectivity index (χ1) is 13.7. The number of rotatable bonds is 6. The fourth-order valence-corrected chi connectivity index (χ4v) is 3.48. The van der Waals surface area contributed by atoms with Crippen LogP contribution in [0.5, 0.6) is 0 Å². The molecule has 0 spiro atoms. The third-order valence-corrected chi connectivity index (χ3v) is 5.15. The Hall–Kier alpha value is -3.15. The van der Waals surface area contributed by atoms with Crippen LogP contribution in [0.1, 0.15) is 5.56 Å². The fraction of sp³-hybridized carbons (Fsp3) is 0.176. The average molecular weight is 401 g/mol. The number of amidine groups is 1. The van der Waals surface area contributed by atoms with E-state index in [0.717, 1.165) is 20.7 Å². The van der Waals surface area contributed by atoms with Gasteiger partial charge in [-0.05, 0) is 11.1 Å². The lowest BCUT2D eigenvalue weighted by atomic mass is 10.1. The van der Waals surface area contributed by atoms with E-state index in [1.165, 1.54) is 22.2 Å². The SMILES string of the molecule is NC/C(=C\F)Cn1ncn(-c2ncc(-c3ccc(C4=NCON4)cc3)s2)c1=O. The molecule has 0 aliphatic carbocycles. The summed E-state index contributed by atoms with van der Waals surface area (Å²) in [6, 6.07) is 7.75. The average Bonchev–Trinajstić information content (AvgIpc) is 3.48. The van der Waals surface area contributed by atoms with Crippen molar-refractivity contribution in [3.8, 4) is 15.6 Å². The van der Waals surface area contributed by atoms with Gasteiger partial charge in [0.15, 0.2) is 17.7 Å². The Balaban J connectivity index is 1.56. The van der Waals surface area contributed by atoms with Crippen LogP contribution in [0.25, 0.3) is 15.6 Å². The van der Waals surface area contributed by atoms with Gasteiger partial charge in [0.05, 0.1) is 17.8 Å². The van der Waals surface area contributed by atoms with Gasteiger partial charge in [0.25, 0.3) is 0 Å². The van der Waals surface area contributed by atoms with E-state index in [2.05, 4.69) is 20.6 Å². The Labute approximate surface area is 162 Å². The molecule has 1 aliphatic rings. The molecular formula is C17H16FN7O2S. The minimum atomic E-state index is -0.408. The number of aromatic nitrogens is 4. The molecule has 2 aromatic heterocycles. The van der Waals surface area contributed by atoms with Gasteiger partial charge in [-0.2, -0.15) is 5.10 Å². The Morgan fingerprint density at radius 2 is 2.14 bits per heavy atom. The van der Waals surface area contributed by atoms with Crippen LogP contribution in [0.4, 0.5) is 4.39 Å². The summed E-state index contributed by atoms with van der Waals surface area (Å²) < 4.78 is 15.2. The number of nitrogens with one attached hydrogen (secondary N) is 1. The number of hydroxylamine groups is 1. The summed E-state index contributed by atoms with van der Waals surface area (Å²) in [6.45, 7) is 0.313. The van der Waals surface area contributed by atoms with Gasteiger partial charge in [0.2, 0.25) is 0 Å². The number of benzene rings is 1. The summed E-state index contributed by atoms with van der Waals surface area (Å²) in [6.07, 6.45) is 3.46. The lowest BCUT2D eigenvalue weighted by molar-refractivity contribution is 0.115. The van der Waals surface area contributed by atoms with Crippen LogP contribution in [0.15, 0.2) is 58.5 Å². The van der Waals surface area contributed by atoms with E-state index >= 15 is 0 Å². The molecule has 1 aliphatic heterocycles. The molecule has 0 unspecified atom stereocenters. The van der Waals surface area contributed by atoms with Crippen LogP contribution >= 0.6 is 11.3 Å². The molecule has 0 radical (unpaired) electrons. The Morgan fingerprint density at radius 3 is 2.82 bits per heavy atom. The second kappa shape index (κ2) is 7.84. The molecule has 3 N–H and O–H groups in total. The molecule has 11 heteroatoms. The van der Waals surface area contributed by atoms with Crippen molar-refractivity contribution >= 4 is 17.2 Å². The summed E-state index contributed by atoms with van der Waals surface area (Å²) in [4.78, 5) is 26.9. The zero-order valence-corrected chi connectivity index (χ0v) is 15.4. The monoisotopic (exact) mass is 401 g/mol. The molecule has 0 amide bonds. The van der Waals surface area contributed by atoms with E-state index in [1.54, 1.807) is 6.20 Å². The number of halogens is 1. The molecule has 1 aromatic carbocycles. The summed E-state index contributed by atoms with van der Waals surface area (Å²) in [7, 11) is 0. The molecule has 0 fully saturated rings. The molecule has 4 rings (SSSR count). The van der Waals surface area contributed by atoms with E-state index < -0.39 is 5.69 Å². The largest absolute Gasteiger partial charge is 0.352 e. The van der Waals surface area contributed by atoms with Crippen LogP contribution in [0, 0.1) is 0 Å². The third kappa shape index (κ3) is 3.50. The predicted octanol–water partition coefficient (Wildman–Crippen LogP) is 1.21. The van der Waals surface area contributed by atoms with Crippen LogP contribution in [0.2, 0.25) is 0 Å². The number of hydrogen-bond donors (Lipinski definition) is 2. The molecule has 0 bridgehead atoms. The van der Waals surface area contributed by atoms with Gasteiger partial charge in [-0.15, -0.1) is 0 Å². The van der Waals surface area contributed by atoms with Crippen LogP contribution in [0.3, 0.4) is 0 Å². The second-order valence-corrected chi connectivity index (χ2v) is 6.89. The fourth-order valence-electron chi connectivity index (χ4n) is 2.59. The van der Waals surface area contributed by atoms with Crippen molar-refractivity contribution in [3.63, 3.8) is 0 Å². The summed E-state index contributed by atoms with van der Waals surface area (Å²) in [5, 5.41) is 4.48. The highest BCUT2D eigenvalue weighted by Gasteiger charge is 2.13. The Kier molecular flexibility index (Phi) is 5.10. The number of hydrogen-bond acceptors (Lipinski definition) is 8. The molecule has 9 nitrogen and oxygen atoms in total. The topological polar surface area (TPSA) is 112 Å². The van der Waals surface area contributed by atoms with Crippen molar-refractivity contribution in [1.82, 2.24) is 24.8 Å². The first kappa shape index (κ1) is 18.2. The zero-order chi connectivity index (χ0) is 19.5. The number of nitrogens with two attached hydrogens (primary N) is 1. The number of thiazole rings is 1. The van der Waals surface area contributed by atoms with Crippen LogP contribution in [-0.2, 0) is 11.4 Å². The van der Waals surface area contributed by atoms with Gasteiger partial charge in [-0.1, -0.05) is 35.6 Å². The molecular weight excluding hydrogens is 385 g/mol. The highest BCUT2D eigenvalue weighted by Crippen LogP contribution is 2.27. The molecule has 3 aromatic rings. The van der Waals surface area contributed by atoms with Gasteiger partial charge >= 0.3 is 5.69 Å². The third-order valence-electron chi connectivity index (χ3n) is 4.10. The molecule has 0 saturated heterocycles. The molecule has 3 heterocycles. The van der Waals surface area contributed by atoms with Crippen molar-refractivity contribution in [3.05, 3.63) is 64.7 Å². The van der Waals surface area contributed by atoms with Crippen molar-refractivity contribution in [2.75, 3.05) is 13.3 Å². The van der Waals surface area contributed by atoms with Crippen molar-refractivity contribution in [1.29, 1.82) is 0 Å². The van der Waals surface area contributed by atoms with E-state index in [1.807, 2.05) is 24.3 Å². The van der Waals surface area contributed by atoms with E-state index in [0.29, 0.717) is 24.0 Å².